The summed E-state index contributed by atoms with van der Waals surface area (Å²) in [5.74, 6) is 3.13. The van der Waals surface area contributed by atoms with Crippen LogP contribution in [0.2, 0.25) is 0 Å². The van der Waals surface area contributed by atoms with Gasteiger partial charge in [0.2, 0.25) is 0 Å². The lowest BCUT2D eigenvalue weighted by Gasteiger charge is -2.24. The number of aryl methyl sites for hydroxylation is 1. The third kappa shape index (κ3) is 2.85. The van der Waals surface area contributed by atoms with Crippen LogP contribution >= 0.6 is 0 Å². The molecule has 0 unspecified atom stereocenters. The number of benzene rings is 1. The fraction of sp³-hybridized carbons (Fsp3) is 0.300. The minimum atomic E-state index is -0.208. The van der Waals surface area contributed by atoms with Gasteiger partial charge in [0.25, 0.3) is 0 Å². The Morgan fingerprint density at radius 1 is 1.25 bits per heavy atom. The number of terminal acetylenes is 1. The zero-order valence-electron chi connectivity index (χ0n) is 14.5. The maximum absolute atomic E-state index is 12.1. The summed E-state index contributed by atoms with van der Waals surface area (Å²) >= 11 is 0. The van der Waals surface area contributed by atoms with Crippen molar-refractivity contribution in [1.82, 2.24) is 9.88 Å². The predicted molar refractivity (Wildman–Crippen MR) is 96.9 cm³/mol. The third-order valence-corrected chi connectivity index (χ3v) is 4.50. The van der Waals surface area contributed by atoms with Crippen LogP contribution < -0.4 is 4.90 Å². The fourth-order valence-corrected chi connectivity index (χ4v) is 2.80. The molecule has 1 aromatic rings. The Bertz CT molecular complexity index is 828. The molecule has 0 aromatic carbocycles. The van der Waals surface area contributed by atoms with E-state index in [4.69, 9.17) is 6.42 Å². The molecule has 1 saturated heterocycles. The second-order valence-electron chi connectivity index (χ2n) is 6.85. The molecule has 1 fully saturated rings. The highest BCUT2D eigenvalue weighted by Crippen LogP contribution is 2.35. The summed E-state index contributed by atoms with van der Waals surface area (Å²) in [5, 5.41) is 0. The minimum Gasteiger partial charge on any atom is -0.320 e. The van der Waals surface area contributed by atoms with Gasteiger partial charge in [-0.1, -0.05) is 18.1 Å². The molecule has 0 saturated carbocycles. The molecule has 2 amide bonds. The van der Waals surface area contributed by atoms with E-state index in [1.54, 1.807) is 35.2 Å². The van der Waals surface area contributed by atoms with Crippen LogP contribution in [0.1, 0.15) is 25.0 Å². The molecule has 3 aliphatic rings. The van der Waals surface area contributed by atoms with Crippen LogP contribution in [0.25, 0.3) is 11.1 Å². The minimum absolute atomic E-state index is 0.0646. The number of nitrogens with zero attached hydrogens (tertiary/aromatic N) is 3. The fourth-order valence-electron chi connectivity index (χ4n) is 2.80. The Morgan fingerprint density at radius 3 is 2.38 bits per heavy atom. The van der Waals surface area contributed by atoms with Crippen molar-refractivity contribution in [2.24, 2.45) is 0 Å². The summed E-state index contributed by atoms with van der Waals surface area (Å²) in [6.07, 6.45) is 7.07. The van der Waals surface area contributed by atoms with Gasteiger partial charge in [-0.15, -0.1) is 6.42 Å². The number of carbonyl (C=O) groups excluding carboxylic acids is 1. The standard InChI is InChI=1S/C13H15N3O.C7H6/c1-5-10-7-6-8-14-11(10)16-9-13(2,3)15(4)12(16)17;1-5-2-6-4-7(6)3-5/h1,6-8H,9H2,2-4H3;2-4H,1H3. The van der Waals surface area contributed by atoms with E-state index in [1.807, 2.05) is 13.8 Å². The molecular weight excluding hydrogens is 298 g/mol. The Labute approximate surface area is 143 Å². The van der Waals surface area contributed by atoms with Crippen LogP contribution in [0.4, 0.5) is 10.6 Å². The Morgan fingerprint density at radius 2 is 1.92 bits per heavy atom. The lowest BCUT2D eigenvalue weighted by atomic mass is 10.1. The molecule has 0 spiro atoms. The van der Waals surface area contributed by atoms with E-state index < -0.39 is 0 Å². The molecule has 4 heteroatoms. The zero-order valence-corrected chi connectivity index (χ0v) is 14.5. The van der Waals surface area contributed by atoms with Gasteiger partial charge in [-0.3, -0.25) is 4.90 Å². The SMILES string of the molecule is C#Cc1cccnc1N1CC(C)(C)N(C)C1=O.Cc1cc2cc-2c1. The van der Waals surface area contributed by atoms with Crippen LogP contribution in [0, 0.1) is 19.3 Å². The molecule has 0 N–H and O–H groups in total. The molecule has 0 radical (unpaired) electrons. The molecule has 0 atom stereocenters. The average Bonchev–Trinajstić information content (AvgIpc) is 3.12. The first-order chi connectivity index (χ1) is 11.3. The van der Waals surface area contributed by atoms with Crippen molar-refractivity contribution in [3.8, 4) is 23.5 Å². The van der Waals surface area contributed by atoms with Gasteiger partial charge < -0.3 is 4.90 Å². The van der Waals surface area contributed by atoms with E-state index in [-0.39, 0.29) is 11.6 Å². The lowest BCUT2D eigenvalue weighted by molar-refractivity contribution is 0.198. The zero-order chi connectivity index (χ0) is 17.5. The number of hydrogen-bond donors (Lipinski definition) is 0. The predicted octanol–water partition coefficient (Wildman–Crippen LogP) is 3.69. The highest BCUT2D eigenvalue weighted by molar-refractivity contribution is 5.95. The smallest absolute Gasteiger partial charge is 0.320 e. The summed E-state index contributed by atoms with van der Waals surface area (Å²) in [6, 6.07) is 10.1. The first kappa shape index (κ1) is 16.1. The summed E-state index contributed by atoms with van der Waals surface area (Å²) in [7, 11) is 1.79. The van der Waals surface area contributed by atoms with E-state index in [0.717, 1.165) is 0 Å². The first-order valence-corrected chi connectivity index (χ1v) is 7.92. The molecule has 4 rings (SSSR count). The molecular formula is C20H21N3O. The van der Waals surface area contributed by atoms with Gasteiger partial charge in [-0.05, 0) is 55.7 Å². The third-order valence-electron chi connectivity index (χ3n) is 4.50. The number of carbonyl (C=O) groups is 1. The van der Waals surface area contributed by atoms with Gasteiger partial charge in [-0.25, -0.2) is 9.78 Å². The normalized spacial score (nSPS) is 16.4. The first-order valence-electron chi connectivity index (χ1n) is 7.92. The van der Waals surface area contributed by atoms with Crippen LogP contribution in [0.3, 0.4) is 0 Å². The van der Waals surface area contributed by atoms with E-state index in [0.29, 0.717) is 17.9 Å². The van der Waals surface area contributed by atoms with Crippen molar-refractivity contribution in [1.29, 1.82) is 0 Å². The van der Waals surface area contributed by atoms with Crippen molar-refractivity contribution in [3.05, 3.63) is 47.7 Å². The monoisotopic (exact) mass is 319 g/mol. The summed E-state index contributed by atoms with van der Waals surface area (Å²) in [6.45, 7) is 6.75. The molecule has 2 heterocycles. The molecule has 1 aliphatic heterocycles. The highest BCUT2D eigenvalue weighted by Gasteiger charge is 2.42. The number of aromatic nitrogens is 1. The topological polar surface area (TPSA) is 36.4 Å². The van der Waals surface area contributed by atoms with E-state index >= 15 is 0 Å². The Hall–Kier alpha value is -2.80. The second-order valence-corrected chi connectivity index (χ2v) is 6.85. The Balaban J connectivity index is 0.000000198. The van der Waals surface area contributed by atoms with Gasteiger partial charge >= 0.3 is 6.03 Å². The number of urea groups is 1. The molecule has 1 aromatic heterocycles. The van der Waals surface area contributed by atoms with Crippen LogP contribution in [0.15, 0.2) is 36.5 Å². The summed E-state index contributed by atoms with van der Waals surface area (Å²) in [5.41, 5.74) is 4.72. The molecule has 0 bridgehead atoms. The van der Waals surface area contributed by atoms with Crippen LogP contribution in [0.5, 0.6) is 0 Å². The average molecular weight is 319 g/mol. The van der Waals surface area contributed by atoms with Gasteiger partial charge in [0.05, 0.1) is 17.6 Å². The van der Waals surface area contributed by atoms with E-state index in [1.165, 1.54) is 16.7 Å². The van der Waals surface area contributed by atoms with Gasteiger partial charge in [0, 0.05) is 13.2 Å². The molecule has 4 nitrogen and oxygen atoms in total. The maximum Gasteiger partial charge on any atom is 0.326 e. The number of hydrogen-bond acceptors (Lipinski definition) is 2. The van der Waals surface area contributed by atoms with Gasteiger partial charge in [-0.2, -0.15) is 0 Å². The number of amides is 2. The largest absolute Gasteiger partial charge is 0.326 e. The maximum atomic E-state index is 12.1. The van der Waals surface area contributed by atoms with Crippen LogP contribution in [-0.2, 0) is 0 Å². The van der Waals surface area contributed by atoms with Crippen molar-refractivity contribution in [2.45, 2.75) is 26.3 Å². The van der Waals surface area contributed by atoms with Crippen molar-refractivity contribution in [2.75, 3.05) is 18.5 Å². The summed E-state index contributed by atoms with van der Waals surface area (Å²) in [4.78, 5) is 19.7. The second kappa shape index (κ2) is 5.68. The number of pyridine rings is 1. The van der Waals surface area contributed by atoms with Crippen molar-refractivity contribution in [3.63, 3.8) is 0 Å². The van der Waals surface area contributed by atoms with Crippen molar-refractivity contribution >= 4 is 11.8 Å². The van der Waals surface area contributed by atoms with Gasteiger partial charge in [0.15, 0.2) is 5.82 Å². The highest BCUT2D eigenvalue weighted by atomic mass is 16.2. The van der Waals surface area contributed by atoms with E-state index in [2.05, 4.69) is 36.0 Å². The number of anilines is 1. The Kier molecular flexibility index (Phi) is 3.81. The molecule has 122 valence electrons. The molecule has 2 aliphatic carbocycles. The molecule has 24 heavy (non-hydrogen) atoms. The lowest BCUT2D eigenvalue weighted by Crippen LogP contribution is -2.38. The number of likely N-dealkylation sites (N-methyl/N-ethyl adjacent to an activating group) is 1. The van der Waals surface area contributed by atoms with Gasteiger partial charge in [0.1, 0.15) is 0 Å². The summed E-state index contributed by atoms with van der Waals surface area (Å²) < 4.78 is 0. The quantitative estimate of drug-likeness (QED) is 0.641. The van der Waals surface area contributed by atoms with Crippen LogP contribution in [-0.4, -0.2) is 35.0 Å². The van der Waals surface area contributed by atoms with E-state index in [9.17, 15) is 4.79 Å². The number of fused-ring (bicyclic) bond motifs is 1. The van der Waals surface area contributed by atoms with Crippen molar-refractivity contribution < 1.29 is 4.79 Å². The number of rotatable bonds is 1.